The van der Waals surface area contributed by atoms with Gasteiger partial charge in [0.05, 0.1) is 12.7 Å². The number of rotatable bonds is 7. The summed E-state index contributed by atoms with van der Waals surface area (Å²) in [5.41, 5.74) is 5.52. The topological polar surface area (TPSA) is 73.6 Å². The number of carbonyl (C=O) groups is 1. The standard InChI is InChI=1S/C15H22N2O3.ClH/c16-11-13-7-8-14(20-13)15(18)17-9-4-10-19-12-5-2-1-3-6-12;/h1-3,5-6,13-14H,4,7-11,16H2,(H,17,18);1H/t13-,14+;/m1./s1. The minimum absolute atomic E-state index is 0. The number of nitrogens with one attached hydrogen (secondary N) is 1. The molecular weight excluding hydrogens is 292 g/mol. The summed E-state index contributed by atoms with van der Waals surface area (Å²) in [6.45, 7) is 1.66. The molecular formula is C15H23ClN2O3. The predicted molar refractivity (Wildman–Crippen MR) is 83.8 cm³/mol. The first-order valence-electron chi connectivity index (χ1n) is 7.10. The molecule has 6 heteroatoms. The van der Waals surface area contributed by atoms with Crippen LogP contribution < -0.4 is 15.8 Å². The largest absolute Gasteiger partial charge is 0.494 e. The van der Waals surface area contributed by atoms with Crippen molar-refractivity contribution in [3.8, 4) is 5.75 Å². The Morgan fingerprint density at radius 2 is 2.10 bits per heavy atom. The fourth-order valence-electron chi connectivity index (χ4n) is 2.18. The Bertz CT molecular complexity index is 417. The molecule has 3 N–H and O–H groups in total. The molecule has 118 valence electrons. The van der Waals surface area contributed by atoms with Crippen LogP contribution in [0.1, 0.15) is 19.3 Å². The van der Waals surface area contributed by atoms with Crippen molar-refractivity contribution in [2.45, 2.75) is 31.5 Å². The number of nitrogens with two attached hydrogens (primary N) is 1. The molecule has 1 amide bonds. The van der Waals surface area contributed by atoms with E-state index in [9.17, 15) is 4.79 Å². The average molecular weight is 315 g/mol. The molecule has 1 aromatic carbocycles. The first-order chi connectivity index (χ1) is 9.79. The Labute approximate surface area is 131 Å². The van der Waals surface area contributed by atoms with Gasteiger partial charge < -0.3 is 20.5 Å². The molecule has 1 fully saturated rings. The van der Waals surface area contributed by atoms with E-state index in [4.69, 9.17) is 15.2 Å². The van der Waals surface area contributed by atoms with Gasteiger partial charge in [0.1, 0.15) is 11.9 Å². The van der Waals surface area contributed by atoms with Crippen LogP contribution in [0.15, 0.2) is 30.3 Å². The number of amides is 1. The van der Waals surface area contributed by atoms with E-state index in [0.29, 0.717) is 19.7 Å². The Hall–Kier alpha value is -1.30. The van der Waals surface area contributed by atoms with Crippen LogP contribution in [0, 0.1) is 0 Å². The van der Waals surface area contributed by atoms with E-state index in [0.717, 1.165) is 25.0 Å². The Balaban J connectivity index is 0.00000220. The highest BCUT2D eigenvalue weighted by molar-refractivity contribution is 5.85. The molecule has 0 spiro atoms. The molecule has 21 heavy (non-hydrogen) atoms. The van der Waals surface area contributed by atoms with Crippen molar-refractivity contribution >= 4 is 18.3 Å². The highest BCUT2D eigenvalue weighted by atomic mass is 35.5. The van der Waals surface area contributed by atoms with Crippen LogP contribution >= 0.6 is 12.4 Å². The summed E-state index contributed by atoms with van der Waals surface area (Å²) >= 11 is 0. The smallest absolute Gasteiger partial charge is 0.249 e. The van der Waals surface area contributed by atoms with E-state index in [1.54, 1.807) is 0 Å². The number of halogens is 1. The fourth-order valence-corrected chi connectivity index (χ4v) is 2.18. The van der Waals surface area contributed by atoms with Crippen LogP contribution in [-0.2, 0) is 9.53 Å². The number of hydrogen-bond acceptors (Lipinski definition) is 4. The second-order valence-electron chi connectivity index (χ2n) is 4.87. The van der Waals surface area contributed by atoms with Crippen molar-refractivity contribution in [3.63, 3.8) is 0 Å². The van der Waals surface area contributed by atoms with Gasteiger partial charge in [0.25, 0.3) is 0 Å². The van der Waals surface area contributed by atoms with E-state index in [1.807, 2.05) is 30.3 Å². The van der Waals surface area contributed by atoms with E-state index in [2.05, 4.69) is 5.32 Å². The molecule has 0 aromatic heterocycles. The number of hydrogen-bond donors (Lipinski definition) is 2. The van der Waals surface area contributed by atoms with Crippen molar-refractivity contribution in [2.75, 3.05) is 19.7 Å². The SMILES string of the molecule is Cl.NC[C@H]1CC[C@@H](C(=O)NCCCOc2ccccc2)O1. The number of benzene rings is 1. The maximum atomic E-state index is 11.8. The van der Waals surface area contributed by atoms with Gasteiger partial charge in [-0.05, 0) is 31.4 Å². The summed E-state index contributed by atoms with van der Waals surface area (Å²) in [6.07, 6.45) is 2.10. The number of para-hydroxylation sites is 1. The number of carbonyl (C=O) groups excluding carboxylic acids is 1. The molecule has 0 bridgehead atoms. The molecule has 1 saturated heterocycles. The lowest BCUT2D eigenvalue weighted by atomic mass is 10.2. The van der Waals surface area contributed by atoms with Crippen LogP contribution in [0.2, 0.25) is 0 Å². The predicted octanol–water partition coefficient (Wildman–Crippen LogP) is 1.50. The molecule has 2 rings (SSSR count). The third kappa shape index (κ3) is 5.91. The van der Waals surface area contributed by atoms with Gasteiger partial charge in [-0.2, -0.15) is 0 Å². The molecule has 1 aromatic rings. The molecule has 0 saturated carbocycles. The fraction of sp³-hybridized carbons (Fsp3) is 0.533. The molecule has 0 unspecified atom stereocenters. The van der Waals surface area contributed by atoms with Crippen LogP contribution in [0.5, 0.6) is 5.75 Å². The number of ether oxygens (including phenoxy) is 2. The second-order valence-corrected chi connectivity index (χ2v) is 4.87. The first-order valence-corrected chi connectivity index (χ1v) is 7.10. The van der Waals surface area contributed by atoms with Crippen molar-refractivity contribution in [3.05, 3.63) is 30.3 Å². The first kappa shape index (κ1) is 17.8. The van der Waals surface area contributed by atoms with E-state index in [1.165, 1.54) is 0 Å². The molecule has 2 atom stereocenters. The van der Waals surface area contributed by atoms with Gasteiger partial charge >= 0.3 is 0 Å². The van der Waals surface area contributed by atoms with Gasteiger partial charge in [0, 0.05) is 13.1 Å². The maximum absolute atomic E-state index is 11.8. The van der Waals surface area contributed by atoms with E-state index >= 15 is 0 Å². The van der Waals surface area contributed by atoms with Crippen molar-refractivity contribution in [2.24, 2.45) is 5.73 Å². The van der Waals surface area contributed by atoms with Gasteiger partial charge in [0.2, 0.25) is 5.91 Å². The zero-order chi connectivity index (χ0) is 14.2. The summed E-state index contributed by atoms with van der Waals surface area (Å²) in [4.78, 5) is 11.8. The molecule has 0 radical (unpaired) electrons. The second kappa shape index (κ2) is 9.60. The minimum Gasteiger partial charge on any atom is -0.494 e. The highest BCUT2D eigenvalue weighted by Crippen LogP contribution is 2.18. The van der Waals surface area contributed by atoms with E-state index in [-0.39, 0.29) is 30.5 Å². The summed E-state index contributed by atoms with van der Waals surface area (Å²) < 4.78 is 11.1. The Morgan fingerprint density at radius 1 is 1.33 bits per heavy atom. The lowest BCUT2D eigenvalue weighted by Crippen LogP contribution is -2.36. The summed E-state index contributed by atoms with van der Waals surface area (Å²) in [5.74, 6) is 0.810. The quantitative estimate of drug-likeness (QED) is 0.748. The van der Waals surface area contributed by atoms with Crippen molar-refractivity contribution < 1.29 is 14.3 Å². The van der Waals surface area contributed by atoms with Crippen LogP contribution in [0.3, 0.4) is 0 Å². The molecule has 1 aliphatic heterocycles. The molecule has 1 aliphatic rings. The minimum atomic E-state index is -0.335. The third-order valence-corrected chi connectivity index (χ3v) is 3.30. The third-order valence-electron chi connectivity index (χ3n) is 3.30. The van der Waals surface area contributed by atoms with Gasteiger partial charge in [0.15, 0.2) is 0 Å². The lowest BCUT2D eigenvalue weighted by Gasteiger charge is -2.12. The summed E-state index contributed by atoms with van der Waals surface area (Å²) in [6, 6.07) is 9.64. The van der Waals surface area contributed by atoms with Gasteiger partial charge in [-0.3, -0.25) is 4.79 Å². The van der Waals surface area contributed by atoms with Crippen LogP contribution in [0.25, 0.3) is 0 Å². The Kier molecular flexibility index (Phi) is 8.12. The molecule has 0 aliphatic carbocycles. The molecule has 5 nitrogen and oxygen atoms in total. The zero-order valence-electron chi connectivity index (χ0n) is 12.0. The van der Waals surface area contributed by atoms with Crippen LogP contribution in [-0.4, -0.2) is 37.8 Å². The molecule has 1 heterocycles. The lowest BCUT2D eigenvalue weighted by molar-refractivity contribution is -0.131. The normalized spacial score (nSPS) is 20.6. The van der Waals surface area contributed by atoms with Crippen molar-refractivity contribution in [1.29, 1.82) is 0 Å². The van der Waals surface area contributed by atoms with Gasteiger partial charge in [-0.15, -0.1) is 12.4 Å². The summed E-state index contributed by atoms with van der Waals surface area (Å²) in [7, 11) is 0. The highest BCUT2D eigenvalue weighted by Gasteiger charge is 2.29. The monoisotopic (exact) mass is 314 g/mol. The summed E-state index contributed by atoms with van der Waals surface area (Å²) in [5, 5.41) is 2.87. The zero-order valence-corrected chi connectivity index (χ0v) is 12.8. The maximum Gasteiger partial charge on any atom is 0.249 e. The van der Waals surface area contributed by atoms with Crippen LogP contribution in [0.4, 0.5) is 0 Å². The van der Waals surface area contributed by atoms with Crippen molar-refractivity contribution in [1.82, 2.24) is 5.32 Å². The van der Waals surface area contributed by atoms with Gasteiger partial charge in [-0.1, -0.05) is 18.2 Å². The van der Waals surface area contributed by atoms with Gasteiger partial charge in [-0.25, -0.2) is 0 Å². The van der Waals surface area contributed by atoms with E-state index < -0.39 is 0 Å². The Morgan fingerprint density at radius 3 is 2.76 bits per heavy atom. The average Bonchev–Trinajstić information content (AvgIpc) is 2.97.